The standard InChI is InChI=1S/C10H14N2O2/c1-3-11(12(13)14)8-10-6-4-9(2)5-7-10/h4-7H,3,8H2,1-2H3. The number of nitrogens with zero attached hydrogens (tertiary/aromatic N) is 2. The maximum atomic E-state index is 10.5. The van der Waals surface area contributed by atoms with Crippen LogP contribution in [-0.2, 0) is 6.54 Å². The Morgan fingerprint density at radius 3 is 2.36 bits per heavy atom. The minimum Gasteiger partial charge on any atom is -0.235 e. The summed E-state index contributed by atoms with van der Waals surface area (Å²) in [7, 11) is 0. The Labute approximate surface area is 83.3 Å². The van der Waals surface area contributed by atoms with Gasteiger partial charge in [-0.15, -0.1) is 5.01 Å². The van der Waals surface area contributed by atoms with Crippen LogP contribution in [0.15, 0.2) is 24.3 Å². The zero-order valence-electron chi connectivity index (χ0n) is 8.43. The lowest BCUT2D eigenvalue weighted by Gasteiger charge is -2.11. The molecule has 0 unspecified atom stereocenters. The Balaban J connectivity index is 2.67. The van der Waals surface area contributed by atoms with Crippen molar-refractivity contribution >= 4 is 0 Å². The van der Waals surface area contributed by atoms with Gasteiger partial charge in [0.2, 0.25) is 0 Å². The van der Waals surface area contributed by atoms with Crippen LogP contribution in [-0.4, -0.2) is 16.6 Å². The van der Waals surface area contributed by atoms with Gasteiger partial charge in [-0.05, 0) is 19.4 Å². The number of hydrogen-bond donors (Lipinski definition) is 0. The maximum absolute atomic E-state index is 10.5. The minimum atomic E-state index is -0.361. The fraction of sp³-hybridized carbons (Fsp3) is 0.400. The van der Waals surface area contributed by atoms with Gasteiger partial charge in [-0.3, -0.25) is 0 Å². The quantitative estimate of drug-likeness (QED) is 0.544. The molecule has 0 radical (unpaired) electrons. The molecule has 0 atom stereocenters. The monoisotopic (exact) mass is 194 g/mol. The lowest BCUT2D eigenvalue weighted by atomic mass is 10.1. The highest BCUT2D eigenvalue weighted by molar-refractivity contribution is 5.20. The van der Waals surface area contributed by atoms with Crippen LogP contribution in [0.1, 0.15) is 18.1 Å². The SMILES string of the molecule is CCN(Cc1ccc(C)cc1)[N+](=O)[O-]. The van der Waals surface area contributed by atoms with Gasteiger partial charge in [0, 0.05) is 0 Å². The predicted molar refractivity (Wildman–Crippen MR) is 54.3 cm³/mol. The summed E-state index contributed by atoms with van der Waals surface area (Å²) in [5.74, 6) is 0. The van der Waals surface area contributed by atoms with E-state index in [1.807, 2.05) is 31.2 Å². The molecule has 1 rings (SSSR count). The summed E-state index contributed by atoms with van der Waals surface area (Å²) in [6.07, 6.45) is 0. The van der Waals surface area contributed by atoms with Gasteiger partial charge in [0.25, 0.3) is 0 Å². The molecule has 0 amide bonds. The van der Waals surface area contributed by atoms with E-state index in [0.29, 0.717) is 13.1 Å². The molecule has 0 spiro atoms. The summed E-state index contributed by atoms with van der Waals surface area (Å²) < 4.78 is 0. The molecule has 4 heteroatoms. The summed E-state index contributed by atoms with van der Waals surface area (Å²) in [6.45, 7) is 4.55. The van der Waals surface area contributed by atoms with Crippen LogP contribution in [0.3, 0.4) is 0 Å². The van der Waals surface area contributed by atoms with E-state index in [1.54, 1.807) is 6.92 Å². The van der Waals surface area contributed by atoms with Crippen LogP contribution in [0.2, 0.25) is 0 Å². The van der Waals surface area contributed by atoms with E-state index in [4.69, 9.17) is 0 Å². The van der Waals surface area contributed by atoms with E-state index >= 15 is 0 Å². The molecule has 76 valence electrons. The number of hydrogen-bond acceptors (Lipinski definition) is 2. The number of benzene rings is 1. The van der Waals surface area contributed by atoms with Crippen LogP contribution in [0, 0.1) is 17.0 Å². The Morgan fingerprint density at radius 2 is 1.93 bits per heavy atom. The molecule has 0 aliphatic heterocycles. The van der Waals surface area contributed by atoms with Crippen LogP contribution in [0.5, 0.6) is 0 Å². The fourth-order valence-corrected chi connectivity index (χ4v) is 1.19. The van der Waals surface area contributed by atoms with Gasteiger partial charge < -0.3 is 0 Å². The molecule has 14 heavy (non-hydrogen) atoms. The van der Waals surface area contributed by atoms with Crippen molar-refractivity contribution in [2.45, 2.75) is 20.4 Å². The lowest BCUT2D eigenvalue weighted by molar-refractivity contribution is -0.658. The molecule has 4 nitrogen and oxygen atoms in total. The van der Waals surface area contributed by atoms with Crippen molar-refractivity contribution in [3.63, 3.8) is 0 Å². The largest absolute Gasteiger partial charge is 0.235 e. The third kappa shape index (κ3) is 2.73. The smallest absolute Gasteiger partial charge is 0.160 e. The minimum absolute atomic E-state index is 0.361. The van der Waals surface area contributed by atoms with Gasteiger partial charge in [-0.25, -0.2) is 10.1 Å². The van der Waals surface area contributed by atoms with Crippen LogP contribution in [0.4, 0.5) is 0 Å². The van der Waals surface area contributed by atoms with Crippen molar-refractivity contribution in [2.24, 2.45) is 0 Å². The van der Waals surface area contributed by atoms with Gasteiger partial charge in [0.05, 0.1) is 6.54 Å². The zero-order chi connectivity index (χ0) is 10.6. The van der Waals surface area contributed by atoms with E-state index in [9.17, 15) is 10.1 Å². The Bertz CT molecular complexity index is 308. The molecule has 1 aromatic carbocycles. The molecule has 0 N–H and O–H groups in total. The second kappa shape index (κ2) is 4.60. The van der Waals surface area contributed by atoms with E-state index in [-0.39, 0.29) is 5.03 Å². The van der Waals surface area contributed by atoms with Gasteiger partial charge in [-0.1, -0.05) is 29.8 Å². The molecule has 0 saturated heterocycles. The Kier molecular flexibility index (Phi) is 3.45. The van der Waals surface area contributed by atoms with Crippen molar-refractivity contribution in [2.75, 3.05) is 6.54 Å². The highest BCUT2D eigenvalue weighted by Gasteiger charge is 2.11. The molecule has 0 aliphatic carbocycles. The summed E-state index contributed by atoms with van der Waals surface area (Å²) >= 11 is 0. The molecule has 0 bridgehead atoms. The van der Waals surface area contributed by atoms with Crippen molar-refractivity contribution in [1.29, 1.82) is 0 Å². The average Bonchev–Trinajstić information content (AvgIpc) is 2.16. The fourth-order valence-electron chi connectivity index (χ4n) is 1.19. The Hall–Kier alpha value is -1.58. The van der Waals surface area contributed by atoms with E-state index < -0.39 is 0 Å². The van der Waals surface area contributed by atoms with Crippen LogP contribution >= 0.6 is 0 Å². The van der Waals surface area contributed by atoms with Crippen molar-refractivity contribution in [3.05, 3.63) is 45.5 Å². The average molecular weight is 194 g/mol. The van der Waals surface area contributed by atoms with Gasteiger partial charge >= 0.3 is 0 Å². The number of hydrazine groups is 1. The first-order chi connectivity index (χ1) is 6.63. The molecular weight excluding hydrogens is 180 g/mol. The maximum Gasteiger partial charge on any atom is 0.160 e. The first-order valence-corrected chi connectivity index (χ1v) is 4.58. The van der Waals surface area contributed by atoms with E-state index in [2.05, 4.69) is 0 Å². The van der Waals surface area contributed by atoms with Crippen molar-refractivity contribution in [3.8, 4) is 0 Å². The highest BCUT2D eigenvalue weighted by Crippen LogP contribution is 2.06. The van der Waals surface area contributed by atoms with Crippen molar-refractivity contribution in [1.82, 2.24) is 5.01 Å². The highest BCUT2D eigenvalue weighted by atomic mass is 16.7. The summed E-state index contributed by atoms with van der Waals surface area (Å²) in [5, 5.41) is 11.4. The van der Waals surface area contributed by atoms with Gasteiger partial charge in [-0.2, -0.15) is 0 Å². The van der Waals surface area contributed by atoms with Crippen LogP contribution in [0.25, 0.3) is 0 Å². The second-order valence-electron chi connectivity index (χ2n) is 3.20. The molecule has 0 aromatic heterocycles. The topological polar surface area (TPSA) is 46.4 Å². The summed E-state index contributed by atoms with van der Waals surface area (Å²) in [5.41, 5.74) is 2.13. The van der Waals surface area contributed by atoms with Gasteiger partial charge in [0.1, 0.15) is 6.54 Å². The second-order valence-corrected chi connectivity index (χ2v) is 3.20. The zero-order valence-corrected chi connectivity index (χ0v) is 8.43. The predicted octanol–water partition coefficient (Wildman–Crippen LogP) is 2.01. The lowest BCUT2D eigenvalue weighted by Crippen LogP contribution is -2.28. The van der Waals surface area contributed by atoms with E-state index in [1.165, 1.54) is 5.01 Å². The molecular formula is C10H14N2O2. The number of aryl methyl sites for hydroxylation is 1. The molecule has 0 heterocycles. The number of rotatable bonds is 4. The van der Waals surface area contributed by atoms with Crippen LogP contribution < -0.4 is 0 Å². The Morgan fingerprint density at radius 1 is 1.36 bits per heavy atom. The number of nitro groups is 1. The van der Waals surface area contributed by atoms with E-state index in [0.717, 1.165) is 11.1 Å². The van der Waals surface area contributed by atoms with Gasteiger partial charge in [0.15, 0.2) is 5.03 Å². The molecule has 0 aliphatic rings. The third-order valence-corrected chi connectivity index (χ3v) is 2.08. The third-order valence-electron chi connectivity index (χ3n) is 2.08. The summed E-state index contributed by atoms with van der Waals surface area (Å²) in [4.78, 5) is 10.5. The summed E-state index contributed by atoms with van der Waals surface area (Å²) in [6, 6.07) is 7.76. The molecule has 0 fully saturated rings. The normalized spacial score (nSPS) is 9.86. The molecule has 1 aromatic rings. The first kappa shape index (κ1) is 10.5. The van der Waals surface area contributed by atoms with Crippen molar-refractivity contribution < 1.29 is 5.03 Å². The first-order valence-electron chi connectivity index (χ1n) is 4.58. The molecule has 0 saturated carbocycles.